The van der Waals surface area contributed by atoms with Crippen LogP contribution in [0.3, 0.4) is 0 Å². The molecule has 30 heavy (non-hydrogen) atoms. The fourth-order valence-electron chi connectivity index (χ4n) is 3.57. The van der Waals surface area contributed by atoms with Gasteiger partial charge < -0.3 is 24.6 Å². The Labute approximate surface area is 179 Å². The molecule has 1 unspecified atom stereocenters. The standard InChI is InChI=1S/C24H33N3O3/c1-19(17-27-13-11-26(2)12-14-27)16-25-24(28)21-9-10-22(23(15-21)29-3)30-18-20-7-5-4-6-8-20/h4-10,15,19H,11-14,16-18H2,1-3H3,(H,25,28). The van der Waals surface area contributed by atoms with Gasteiger partial charge in [-0.15, -0.1) is 0 Å². The molecular formula is C24H33N3O3. The van der Waals surface area contributed by atoms with Crippen LogP contribution < -0.4 is 14.8 Å². The first-order chi connectivity index (χ1) is 14.5. The van der Waals surface area contributed by atoms with Gasteiger partial charge in [0.15, 0.2) is 11.5 Å². The maximum atomic E-state index is 12.6. The minimum Gasteiger partial charge on any atom is -0.493 e. The molecule has 2 aromatic rings. The Morgan fingerprint density at radius 3 is 2.50 bits per heavy atom. The Balaban J connectivity index is 1.50. The zero-order valence-corrected chi connectivity index (χ0v) is 18.3. The third-order valence-corrected chi connectivity index (χ3v) is 5.44. The molecule has 0 aliphatic carbocycles. The molecule has 2 aromatic carbocycles. The number of hydrogen-bond acceptors (Lipinski definition) is 5. The monoisotopic (exact) mass is 411 g/mol. The van der Waals surface area contributed by atoms with Crippen LogP contribution in [-0.4, -0.2) is 69.1 Å². The average molecular weight is 412 g/mol. The zero-order valence-electron chi connectivity index (χ0n) is 18.3. The lowest BCUT2D eigenvalue weighted by Crippen LogP contribution is -2.46. The van der Waals surface area contributed by atoms with E-state index >= 15 is 0 Å². The first-order valence-corrected chi connectivity index (χ1v) is 10.6. The predicted octanol–water partition coefficient (Wildman–Crippen LogP) is 2.89. The summed E-state index contributed by atoms with van der Waals surface area (Å²) in [6, 6.07) is 15.3. The van der Waals surface area contributed by atoms with Gasteiger partial charge in [0.1, 0.15) is 6.61 Å². The van der Waals surface area contributed by atoms with E-state index < -0.39 is 0 Å². The summed E-state index contributed by atoms with van der Waals surface area (Å²) < 4.78 is 11.3. The van der Waals surface area contributed by atoms with E-state index in [2.05, 4.69) is 29.1 Å². The molecule has 0 radical (unpaired) electrons. The third kappa shape index (κ3) is 6.47. The normalized spacial score (nSPS) is 16.1. The summed E-state index contributed by atoms with van der Waals surface area (Å²) in [6.07, 6.45) is 0. The number of ether oxygens (including phenoxy) is 2. The van der Waals surface area contributed by atoms with Crippen molar-refractivity contribution in [1.82, 2.24) is 15.1 Å². The molecule has 6 nitrogen and oxygen atoms in total. The van der Waals surface area contributed by atoms with E-state index in [1.165, 1.54) is 0 Å². The highest BCUT2D eigenvalue weighted by molar-refractivity contribution is 5.94. The van der Waals surface area contributed by atoms with E-state index in [0.29, 0.717) is 36.1 Å². The van der Waals surface area contributed by atoms with Crippen molar-refractivity contribution in [2.45, 2.75) is 13.5 Å². The fraction of sp³-hybridized carbons (Fsp3) is 0.458. The van der Waals surface area contributed by atoms with Crippen LogP contribution in [0.25, 0.3) is 0 Å². The summed E-state index contributed by atoms with van der Waals surface area (Å²) in [7, 11) is 3.75. The Kier molecular flexibility index (Phi) is 8.11. The number of carbonyl (C=O) groups is 1. The number of rotatable bonds is 9. The van der Waals surface area contributed by atoms with E-state index in [9.17, 15) is 4.79 Å². The fourth-order valence-corrected chi connectivity index (χ4v) is 3.57. The van der Waals surface area contributed by atoms with Crippen molar-refractivity contribution in [3.05, 3.63) is 59.7 Å². The molecule has 0 saturated carbocycles. The molecule has 1 fully saturated rings. The van der Waals surface area contributed by atoms with E-state index in [4.69, 9.17) is 9.47 Å². The van der Waals surface area contributed by atoms with E-state index in [1.807, 2.05) is 30.3 Å². The molecule has 1 atom stereocenters. The van der Waals surface area contributed by atoms with Crippen LogP contribution in [-0.2, 0) is 6.61 Å². The lowest BCUT2D eigenvalue weighted by Gasteiger charge is -2.33. The van der Waals surface area contributed by atoms with Gasteiger partial charge in [0.25, 0.3) is 5.91 Å². The number of hydrogen-bond donors (Lipinski definition) is 1. The minimum absolute atomic E-state index is 0.0897. The maximum Gasteiger partial charge on any atom is 0.251 e. The summed E-state index contributed by atoms with van der Waals surface area (Å²) in [5.41, 5.74) is 1.65. The van der Waals surface area contributed by atoms with Gasteiger partial charge in [-0.3, -0.25) is 4.79 Å². The molecule has 1 saturated heterocycles. The highest BCUT2D eigenvalue weighted by Gasteiger charge is 2.17. The van der Waals surface area contributed by atoms with Crippen molar-refractivity contribution in [2.75, 3.05) is 53.4 Å². The zero-order chi connectivity index (χ0) is 21.3. The van der Waals surface area contributed by atoms with E-state index in [-0.39, 0.29) is 5.91 Å². The number of piperazine rings is 1. The van der Waals surface area contributed by atoms with Crippen molar-refractivity contribution in [3.63, 3.8) is 0 Å². The van der Waals surface area contributed by atoms with Gasteiger partial charge in [-0.05, 0) is 36.7 Å². The van der Waals surface area contributed by atoms with Crippen LogP contribution in [0, 0.1) is 5.92 Å². The lowest BCUT2D eigenvalue weighted by atomic mass is 10.1. The number of nitrogens with one attached hydrogen (secondary N) is 1. The van der Waals surface area contributed by atoms with Crippen LogP contribution in [0.5, 0.6) is 11.5 Å². The minimum atomic E-state index is -0.0897. The number of nitrogens with zero attached hydrogens (tertiary/aromatic N) is 2. The quantitative estimate of drug-likeness (QED) is 0.688. The number of likely N-dealkylation sites (N-methyl/N-ethyl adjacent to an activating group) is 1. The van der Waals surface area contributed by atoms with Crippen molar-refractivity contribution in [2.24, 2.45) is 5.92 Å². The summed E-state index contributed by atoms with van der Waals surface area (Å²) >= 11 is 0. The van der Waals surface area contributed by atoms with Gasteiger partial charge in [-0.2, -0.15) is 0 Å². The first kappa shape index (κ1) is 22.1. The molecule has 1 aliphatic rings. The molecule has 1 N–H and O–H groups in total. The molecular weight excluding hydrogens is 378 g/mol. The van der Waals surface area contributed by atoms with Crippen LogP contribution >= 0.6 is 0 Å². The SMILES string of the molecule is COc1cc(C(=O)NCC(C)CN2CCN(C)CC2)ccc1OCc1ccccc1. The summed E-state index contributed by atoms with van der Waals surface area (Å²) in [5.74, 6) is 1.49. The molecule has 1 heterocycles. The number of benzene rings is 2. The lowest BCUT2D eigenvalue weighted by molar-refractivity contribution is 0.0937. The number of carbonyl (C=O) groups excluding carboxylic acids is 1. The highest BCUT2D eigenvalue weighted by Crippen LogP contribution is 2.28. The van der Waals surface area contributed by atoms with Crippen molar-refractivity contribution < 1.29 is 14.3 Å². The molecule has 162 valence electrons. The maximum absolute atomic E-state index is 12.6. The topological polar surface area (TPSA) is 54.0 Å². The van der Waals surface area contributed by atoms with Crippen molar-refractivity contribution in [1.29, 1.82) is 0 Å². The van der Waals surface area contributed by atoms with Crippen LogP contribution in [0.15, 0.2) is 48.5 Å². The Hall–Kier alpha value is -2.57. The van der Waals surface area contributed by atoms with Gasteiger partial charge >= 0.3 is 0 Å². The van der Waals surface area contributed by atoms with Crippen molar-refractivity contribution >= 4 is 5.91 Å². The van der Waals surface area contributed by atoms with Gasteiger partial charge in [0.05, 0.1) is 7.11 Å². The van der Waals surface area contributed by atoms with Crippen LogP contribution in [0.1, 0.15) is 22.8 Å². The Morgan fingerprint density at radius 2 is 1.80 bits per heavy atom. The van der Waals surface area contributed by atoms with Gasteiger partial charge in [-0.25, -0.2) is 0 Å². The van der Waals surface area contributed by atoms with E-state index in [1.54, 1.807) is 25.3 Å². The Morgan fingerprint density at radius 1 is 1.07 bits per heavy atom. The third-order valence-electron chi connectivity index (χ3n) is 5.44. The second-order valence-electron chi connectivity index (χ2n) is 8.06. The van der Waals surface area contributed by atoms with Gasteiger partial charge in [0, 0.05) is 44.8 Å². The summed E-state index contributed by atoms with van der Waals surface area (Å²) in [6.45, 7) is 8.69. The average Bonchev–Trinajstić information content (AvgIpc) is 2.78. The summed E-state index contributed by atoms with van der Waals surface area (Å²) in [4.78, 5) is 17.4. The smallest absolute Gasteiger partial charge is 0.251 e. The summed E-state index contributed by atoms with van der Waals surface area (Å²) in [5, 5.41) is 3.05. The molecule has 3 rings (SSSR count). The van der Waals surface area contributed by atoms with Crippen LogP contribution in [0.2, 0.25) is 0 Å². The highest BCUT2D eigenvalue weighted by atomic mass is 16.5. The molecule has 1 amide bonds. The number of amides is 1. The predicted molar refractivity (Wildman–Crippen MR) is 119 cm³/mol. The van der Waals surface area contributed by atoms with Crippen molar-refractivity contribution in [3.8, 4) is 11.5 Å². The van der Waals surface area contributed by atoms with E-state index in [0.717, 1.165) is 38.3 Å². The van der Waals surface area contributed by atoms with Gasteiger partial charge in [-0.1, -0.05) is 37.3 Å². The molecule has 0 spiro atoms. The molecule has 0 aromatic heterocycles. The molecule has 6 heteroatoms. The first-order valence-electron chi connectivity index (χ1n) is 10.6. The second-order valence-corrected chi connectivity index (χ2v) is 8.06. The molecule has 1 aliphatic heterocycles. The van der Waals surface area contributed by atoms with Crippen LogP contribution in [0.4, 0.5) is 0 Å². The number of methoxy groups -OCH3 is 1. The second kappa shape index (κ2) is 11.0. The van der Waals surface area contributed by atoms with Gasteiger partial charge in [0.2, 0.25) is 0 Å². The largest absolute Gasteiger partial charge is 0.493 e. The Bertz CT molecular complexity index is 805. The molecule has 0 bridgehead atoms.